The number of thiophene rings is 1. The van der Waals surface area contributed by atoms with Gasteiger partial charge in [-0.2, -0.15) is 0 Å². The van der Waals surface area contributed by atoms with E-state index in [-0.39, 0.29) is 12.4 Å². The molecule has 0 radical (unpaired) electrons. The van der Waals surface area contributed by atoms with Gasteiger partial charge in [0.15, 0.2) is 0 Å². The zero-order valence-corrected chi connectivity index (χ0v) is 25.3. The Hall–Kier alpha value is -4.38. The first kappa shape index (κ1) is 28.4. The van der Waals surface area contributed by atoms with Crippen LogP contribution in [0.2, 0.25) is 5.02 Å². The van der Waals surface area contributed by atoms with Crippen molar-refractivity contribution in [3.63, 3.8) is 0 Å². The number of rotatable bonds is 9. The molecule has 11 heteroatoms. The maximum atomic E-state index is 13.5. The molecule has 222 valence electrons. The minimum absolute atomic E-state index is 0.211. The van der Waals surface area contributed by atoms with E-state index in [0.717, 1.165) is 65.9 Å². The van der Waals surface area contributed by atoms with Crippen LogP contribution in [0, 0.1) is 5.82 Å². The van der Waals surface area contributed by atoms with E-state index in [0.29, 0.717) is 22.6 Å². The monoisotopic (exact) mass is 625 g/mol. The van der Waals surface area contributed by atoms with Gasteiger partial charge < -0.3 is 10.1 Å². The highest BCUT2D eigenvalue weighted by molar-refractivity contribution is 7.09. The highest BCUT2D eigenvalue weighted by atomic mass is 35.5. The zero-order valence-electron chi connectivity index (χ0n) is 23.7. The Morgan fingerprint density at radius 2 is 1.91 bits per heavy atom. The third-order valence-corrected chi connectivity index (χ3v) is 8.97. The smallest absolute Gasteiger partial charge is 0.141 e. The third kappa shape index (κ3) is 6.42. The minimum atomic E-state index is -0.303. The van der Waals surface area contributed by atoms with E-state index < -0.39 is 0 Å². The maximum absolute atomic E-state index is 13.5. The van der Waals surface area contributed by atoms with Gasteiger partial charge in [0.2, 0.25) is 0 Å². The SMILES string of the molecule is Fc1cccc(COc2ccc(Nc3ncnc4ccc(-c5cn(C6CCN(Cc7cccs7)CC6)nn5)cc34)cc2Cl)c1. The average Bonchev–Trinajstić information content (AvgIpc) is 3.74. The standard InChI is InChI=1S/C33H29ClFN7OS/c34-29-17-25(7-9-32(29)43-20-22-3-1-4-24(35)15-22)38-33-28-16-23(6-8-30(28)36-21-37-33)31-19-42(40-39-31)26-10-12-41(13-11-26)18-27-5-2-14-44-27/h1-9,14-17,19,21,26H,10-13,18,20H2,(H,36,37,38). The molecule has 3 aromatic heterocycles. The Kier molecular flexibility index (Phi) is 8.19. The van der Waals surface area contributed by atoms with Crippen LogP contribution in [0.3, 0.4) is 0 Å². The van der Waals surface area contributed by atoms with Gasteiger partial charge in [0.1, 0.15) is 36.0 Å². The predicted molar refractivity (Wildman–Crippen MR) is 172 cm³/mol. The van der Waals surface area contributed by atoms with Crippen LogP contribution in [-0.2, 0) is 13.2 Å². The van der Waals surface area contributed by atoms with Crippen LogP contribution in [0.4, 0.5) is 15.9 Å². The molecule has 6 aromatic rings. The molecule has 1 saturated heterocycles. The van der Waals surface area contributed by atoms with Gasteiger partial charge in [-0.3, -0.25) is 4.90 Å². The van der Waals surface area contributed by atoms with Crippen molar-refractivity contribution in [2.24, 2.45) is 0 Å². The first-order valence-corrected chi connectivity index (χ1v) is 15.7. The Labute approximate surface area is 263 Å². The Bertz CT molecular complexity index is 1890. The Morgan fingerprint density at radius 1 is 1.00 bits per heavy atom. The fourth-order valence-corrected chi connectivity index (χ4v) is 6.47. The number of aromatic nitrogens is 5. The van der Waals surface area contributed by atoms with Crippen molar-refractivity contribution in [3.05, 3.63) is 112 Å². The van der Waals surface area contributed by atoms with E-state index in [9.17, 15) is 4.39 Å². The number of piperidine rings is 1. The summed E-state index contributed by atoms with van der Waals surface area (Å²) >= 11 is 8.35. The molecule has 0 bridgehead atoms. The fraction of sp³-hybridized carbons (Fsp3) is 0.212. The van der Waals surface area contributed by atoms with Gasteiger partial charge in [-0.1, -0.05) is 41.1 Å². The highest BCUT2D eigenvalue weighted by Crippen LogP contribution is 2.33. The molecule has 0 spiro atoms. The molecule has 7 rings (SSSR count). The molecule has 0 atom stereocenters. The molecule has 1 fully saturated rings. The predicted octanol–water partition coefficient (Wildman–Crippen LogP) is 7.90. The molecule has 0 amide bonds. The zero-order chi connectivity index (χ0) is 29.9. The van der Waals surface area contributed by atoms with E-state index in [1.807, 2.05) is 46.5 Å². The van der Waals surface area contributed by atoms with Gasteiger partial charge in [-0.05, 0) is 72.3 Å². The van der Waals surface area contributed by atoms with Gasteiger partial charge in [-0.15, -0.1) is 16.4 Å². The van der Waals surface area contributed by atoms with Crippen LogP contribution >= 0.6 is 22.9 Å². The molecule has 1 N–H and O–H groups in total. The molecule has 1 aliphatic rings. The quantitative estimate of drug-likeness (QED) is 0.175. The van der Waals surface area contributed by atoms with Crippen molar-refractivity contribution < 1.29 is 9.13 Å². The van der Waals surface area contributed by atoms with E-state index in [4.69, 9.17) is 16.3 Å². The lowest BCUT2D eigenvalue weighted by Gasteiger charge is -2.31. The molecule has 0 unspecified atom stereocenters. The summed E-state index contributed by atoms with van der Waals surface area (Å²) < 4.78 is 21.3. The Balaban J connectivity index is 1.04. The van der Waals surface area contributed by atoms with Gasteiger partial charge in [-0.25, -0.2) is 19.0 Å². The normalized spacial score (nSPS) is 14.2. The van der Waals surface area contributed by atoms with Crippen LogP contribution in [0.15, 0.2) is 90.7 Å². The maximum Gasteiger partial charge on any atom is 0.141 e. The molecule has 0 saturated carbocycles. The molecule has 3 aromatic carbocycles. The van der Waals surface area contributed by atoms with Crippen molar-refractivity contribution >= 4 is 45.3 Å². The van der Waals surface area contributed by atoms with Crippen molar-refractivity contribution in [2.75, 3.05) is 18.4 Å². The molecule has 0 aliphatic carbocycles. The lowest BCUT2D eigenvalue weighted by atomic mass is 10.0. The molecule has 8 nitrogen and oxygen atoms in total. The van der Waals surface area contributed by atoms with Crippen molar-refractivity contribution in [1.29, 1.82) is 0 Å². The fourth-order valence-electron chi connectivity index (χ4n) is 5.49. The van der Waals surface area contributed by atoms with E-state index >= 15 is 0 Å². The summed E-state index contributed by atoms with van der Waals surface area (Å²) in [5.41, 5.74) is 4.02. The summed E-state index contributed by atoms with van der Waals surface area (Å²) in [6, 6.07) is 22.4. The van der Waals surface area contributed by atoms with Crippen LogP contribution in [0.1, 0.15) is 29.3 Å². The number of hydrogen-bond donors (Lipinski definition) is 1. The summed E-state index contributed by atoms with van der Waals surface area (Å²) in [6.07, 6.45) is 5.67. The number of fused-ring (bicyclic) bond motifs is 1. The van der Waals surface area contributed by atoms with E-state index in [1.54, 1.807) is 24.3 Å². The van der Waals surface area contributed by atoms with Gasteiger partial charge in [0.25, 0.3) is 0 Å². The number of nitrogens with one attached hydrogen (secondary N) is 1. The summed E-state index contributed by atoms with van der Waals surface area (Å²) in [5, 5.41) is 15.8. The van der Waals surface area contributed by atoms with Gasteiger partial charge in [0.05, 0.1) is 22.8 Å². The van der Waals surface area contributed by atoms with Crippen LogP contribution < -0.4 is 10.1 Å². The lowest BCUT2D eigenvalue weighted by molar-refractivity contribution is 0.173. The summed E-state index contributed by atoms with van der Waals surface area (Å²) in [7, 11) is 0. The first-order valence-electron chi connectivity index (χ1n) is 14.4. The average molecular weight is 626 g/mol. The Morgan fingerprint density at radius 3 is 2.73 bits per heavy atom. The number of nitrogens with zero attached hydrogens (tertiary/aromatic N) is 6. The van der Waals surface area contributed by atoms with Crippen LogP contribution in [0.25, 0.3) is 22.2 Å². The summed E-state index contributed by atoms with van der Waals surface area (Å²) in [5.74, 6) is 0.849. The van der Waals surface area contributed by atoms with Crippen molar-refractivity contribution in [3.8, 4) is 17.0 Å². The number of benzene rings is 3. The van der Waals surface area contributed by atoms with Crippen LogP contribution in [0.5, 0.6) is 5.75 Å². The summed E-state index contributed by atoms with van der Waals surface area (Å²) in [6.45, 7) is 3.32. The number of hydrogen-bond acceptors (Lipinski definition) is 8. The number of anilines is 2. The number of ether oxygens (including phenoxy) is 1. The topological polar surface area (TPSA) is 81.0 Å². The highest BCUT2D eigenvalue weighted by Gasteiger charge is 2.22. The largest absolute Gasteiger partial charge is 0.487 e. The lowest BCUT2D eigenvalue weighted by Crippen LogP contribution is -2.34. The van der Waals surface area contributed by atoms with Crippen molar-refractivity contribution in [1.82, 2.24) is 29.9 Å². The second-order valence-corrected chi connectivity index (χ2v) is 12.3. The molecule has 1 aliphatic heterocycles. The second kappa shape index (κ2) is 12.7. The van der Waals surface area contributed by atoms with E-state index in [2.05, 4.69) is 48.0 Å². The number of likely N-dealkylation sites (tertiary alicyclic amines) is 1. The molecule has 4 heterocycles. The first-order chi connectivity index (χ1) is 21.6. The van der Waals surface area contributed by atoms with Crippen LogP contribution in [-0.4, -0.2) is 43.0 Å². The molecular formula is C33H29ClFN7OS. The molecule has 44 heavy (non-hydrogen) atoms. The number of halogens is 2. The minimum Gasteiger partial charge on any atom is -0.487 e. The van der Waals surface area contributed by atoms with E-state index in [1.165, 1.54) is 23.3 Å². The van der Waals surface area contributed by atoms with Gasteiger partial charge in [0, 0.05) is 41.1 Å². The van der Waals surface area contributed by atoms with Gasteiger partial charge >= 0.3 is 0 Å². The summed E-state index contributed by atoms with van der Waals surface area (Å²) in [4.78, 5) is 12.9. The molecular weight excluding hydrogens is 597 g/mol. The van der Waals surface area contributed by atoms with Crippen molar-refractivity contribution in [2.45, 2.75) is 32.0 Å². The third-order valence-electron chi connectivity index (χ3n) is 7.81. The second-order valence-electron chi connectivity index (χ2n) is 10.8.